The van der Waals surface area contributed by atoms with Crippen molar-refractivity contribution in [3.05, 3.63) is 42.5 Å². The molecule has 2 atom stereocenters. The second-order valence-electron chi connectivity index (χ2n) is 5.60. The van der Waals surface area contributed by atoms with Crippen molar-refractivity contribution in [3.63, 3.8) is 0 Å². The summed E-state index contributed by atoms with van der Waals surface area (Å²) in [7, 11) is -3.67. The Labute approximate surface area is 129 Å². The second-order valence-corrected chi connectivity index (χ2v) is 7.17. The second kappa shape index (κ2) is 8.35. The lowest BCUT2D eigenvalue weighted by Gasteiger charge is -2.19. The largest absolute Gasteiger partial charge is 0.297 e. The van der Waals surface area contributed by atoms with Gasteiger partial charge in [-0.3, -0.25) is 4.18 Å². The molecule has 21 heavy (non-hydrogen) atoms. The first-order chi connectivity index (χ1) is 9.89. The van der Waals surface area contributed by atoms with Gasteiger partial charge in [0.05, 0.1) is 11.0 Å². The normalized spacial score (nSPS) is 14.6. The van der Waals surface area contributed by atoms with Gasteiger partial charge in [-0.1, -0.05) is 37.6 Å². The molecule has 3 nitrogen and oxygen atoms in total. The van der Waals surface area contributed by atoms with Crippen LogP contribution in [0.25, 0.3) is 0 Å². The Kier molecular flexibility index (Phi) is 7.12. The Bertz CT molecular complexity index is 532. The van der Waals surface area contributed by atoms with E-state index in [1.807, 2.05) is 19.9 Å². The fourth-order valence-corrected chi connectivity index (χ4v) is 3.34. The van der Waals surface area contributed by atoms with Crippen LogP contribution in [0.3, 0.4) is 0 Å². The summed E-state index contributed by atoms with van der Waals surface area (Å²) in [4.78, 5) is 0.227. The summed E-state index contributed by atoms with van der Waals surface area (Å²) in [5.74, 6) is 0.418. The van der Waals surface area contributed by atoms with Crippen LogP contribution in [0, 0.1) is 12.8 Å². The molecule has 0 aromatic heterocycles. The van der Waals surface area contributed by atoms with Crippen LogP contribution in [-0.4, -0.2) is 14.5 Å². The summed E-state index contributed by atoms with van der Waals surface area (Å²) in [6.07, 6.45) is 5.01. The maximum absolute atomic E-state index is 12.3. The van der Waals surface area contributed by atoms with Gasteiger partial charge in [0, 0.05) is 0 Å². The van der Waals surface area contributed by atoms with E-state index in [4.69, 9.17) is 4.18 Å². The number of allylic oxidation sites excluding steroid dienone is 1. The molecular formula is C17H26O3S. The molecule has 0 fully saturated rings. The van der Waals surface area contributed by atoms with Crippen LogP contribution in [0.1, 0.15) is 45.1 Å². The average molecular weight is 310 g/mol. The number of hydrogen-bond acceptors (Lipinski definition) is 3. The predicted octanol–water partition coefficient (Wildman–Crippen LogP) is 4.47. The minimum atomic E-state index is -3.67. The van der Waals surface area contributed by atoms with Crippen molar-refractivity contribution < 1.29 is 12.6 Å². The highest BCUT2D eigenvalue weighted by Crippen LogP contribution is 2.22. The first-order valence-electron chi connectivity index (χ1n) is 7.50. The van der Waals surface area contributed by atoms with Gasteiger partial charge in [0.2, 0.25) is 0 Å². The predicted molar refractivity (Wildman–Crippen MR) is 86.7 cm³/mol. The molecule has 0 spiro atoms. The molecule has 0 heterocycles. The zero-order chi connectivity index (χ0) is 15.9. The van der Waals surface area contributed by atoms with Gasteiger partial charge in [-0.25, -0.2) is 0 Å². The molecule has 0 saturated carbocycles. The Balaban J connectivity index is 2.70. The highest BCUT2D eigenvalue weighted by Gasteiger charge is 2.22. The van der Waals surface area contributed by atoms with E-state index in [-0.39, 0.29) is 11.0 Å². The number of rotatable bonds is 9. The monoisotopic (exact) mass is 310 g/mol. The first kappa shape index (κ1) is 17.9. The van der Waals surface area contributed by atoms with Crippen LogP contribution < -0.4 is 0 Å². The van der Waals surface area contributed by atoms with E-state index in [1.54, 1.807) is 24.3 Å². The van der Waals surface area contributed by atoms with E-state index >= 15 is 0 Å². The number of benzene rings is 1. The third kappa shape index (κ3) is 6.02. The summed E-state index contributed by atoms with van der Waals surface area (Å²) in [5, 5.41) is 0. The van der Waals surface area contributed by atoms with Crippen LogP contribution in [0.15, 0.2) is 41.8 Å². The lowest BCUT2D eigenvalue weighted by atomic mass is 9.97. The maximum Gasteiger partial charge on any atom is 0.297 e. The van der Waals surface area contributed by atoms with Gasteiger partial charge in [-0.2, -0.15) is 8.42 Å². The van der Waals surface area contributed by atoms with Crippen LogP contribution in [-0.2, 0) is 14.3 Å². The van der Waals surface area contributed by atoms with Crippen LogP contribution >= 0.6 is 0 Å². The highest BCUT2D eigenvalue weighted by molar-refractivity contribution is 7.86. The van der Waals surface area contributed by atoms with Crippen molar-refractivity contribution in [1.82, 2.24) is 0 Å². The Morgan fingerprint density at radius 2 is 1.90 bits per heavy atom. The molecule has 0 aliphatic carbocycles. The van der Waals surface area contributed by atoms with Gasteiger partial charge in [0.15, 0.2) is 0 Å². The molecule has 4 heteroatoms. The van der Waals surface area contributed by atoms with Crippen LogP contribution in [0.2, 0.25) is 0 Å². The molecule has 118 valence electrons. The van der Waals surface area contributed by atoms with Crippen molar-refractivity contribution in [1.29, 1.82) is 0 Å². The van der Waals surface area contributed by atoms with Gasteiger partial charge < -0.3 is 0 Å². The topological polar surface area (TPSA) is 43.4 Å². The molecular weight excluding hydrogens is 284 g/mol. The maximum atomic E-state index is 12.3. The third-order valence-electron chi connectivity index (χ3n) is 3.56. The zero-order valence-electron chi connectivity index (χ0n) is 13.2. The van der Waals surface area contributed by atoms with E-state index < -0.39 is 10.1 Å². The molecule has 0 amide bonds. The number of hydrogen-bond donors (Lipinski definition) is 0. The van der Waals surface area contributed by atoms with E-state index in [0.717, 1.165) is 24.8 Å². The fourth-order valence-electron chi connectivity index (χ4n) is 2.18. The lowest BCUT2D eigenvalue weighted by molar-refractivity contribution is 0.171. The zero-order valence-corrected chi connectivity index (χ0v) is 14.0. The molecule has 0 saturated heterocycles. The van der Waals surface area contributed by atoms with Crippen LogP contribution in [0.5, 0.6) is 0 Å². The molecule has 0 N–H and O–H groups in total. The standard InChI is InChI=1S/C17H26O3S/c1-5-7-8-15(4)13-16(6-2)20-21(18,19)17-11-9-14(3)10-12-17/h5,9-12,15-16H,1,6-8,13H2,2-4H3/t15?,16-/m0/s1. The Morgan fingerprint density at radius 1 is 1.29 bits per heavy atom. The Hall–Kier alpha value is -1.13. The van der Waals surface area contributed by atoms with Gasteiger partial charge in [-0.15, -0.1) is 6.58 Å². The van der Waals surface area contributed by atoms with E-state index in [2.05, 4.69) is 13.5 Å². The summed E-state index contributed by atoms with van der Waals surface area (Å²) >= 11 is 0. The quantitative estimate of drug-likeness (QED) is 0.499. The number of aryl methyl sites for hydroxylation is 1. The van der Waals surface area contributed by atoms with Gasteiger partial charge in [0.25, 0.3) is 10.1 Å². The van der Waals surface area contributed by atoms with E-state index in [1.165, 1.54) is 0 Å². The molecule has 1 rings (SSSR count). The molecule has 1 unspecified atom stereocenters. The van der Waals surface area contributed by atoms with Crippen molar-refractivity contribution in [2.45, 2.75) is 57.5 Å². The molecule has 0 aliphatic rings. The van der Waals surface area contributed by atoms with Gasteiger partial charge in [-0.05, 0) is 50.7 Å². The molecule has 0 bridgehead atoms. The van der Waals surface area contributed by atoms with E-state index in [9.17, 15) is 8.42 Å². The summed E-state index contributed by atoms with van der Waals surface area (Å²) in [6, 6.07) is 6.75. The van der Waals surface area contributed by atoms with Crippen molar-refractivity contribution in [3.8, 4) is 0 Å². The lowest BCUT2D eigenvalue weighted by Crippen LogP contribution is -2.20. The van der Waals surface area contributed by atoms with Crippen molar-refractivity contribution >= 4 is 10.1 Å². The minimum Gasteiger partial charge on any atom is -0.263 e. The fraction of sp³-hybridized carbons (Fsp3) is 0.529. The SMILES string of the molecule is C=CCCC(C)C[C@H](CC)OS(=O)(=O)c1ccc(C)cc1. The molecule has 1 aromatic carbocycles. The van der Waals surface area contributed by atoms with Gasteiger partial charge in [0.1, 0.15) is 0 Å². The summed E-state index contributed by atoms with van der Waals surface area (Å²) in [6.45, 7) is 9.71. The molecule has 0 aliphatic heterocycles. The van der Waals surface area contributed by atoms with Crippen molar-refractivity contribution in [2.24, 2.45) is 5.92 Å². The summed E-state index contributed by atoms with van der Waals surface area (Å²) in [5.41, 5.74) is 1.03. The summed E-state index contributed by atoms with van der Waals surface area (Å²) < 4.78 is 29.9. The molecule has 1 aromatic rings. The van der Waals surface area contributed by atoms with Crippen LogP contribution in [0.4, 0.5) is 0 Å². The smallest absolute Gasteiger partial charge is 0.263 e. The third-order valence-corrected chi connectivity index (χ3v) is 4.93. The molecule has 0 radical (unpaired) electrons. The Morgan fingerprint density at radius 3 is 2.43 bits per heavy atom. The first-order valence-corrected chi connectivity index (χ1v) is 8.90. The van der Waals surface area contributed by atoms with Crippen molar-refractivity contribution in [2.75, 3.05) is 0 Å². The van der Waals surface area contributed by atoms with Gasteiger partial charge >= 0.3 is 0 Å². The highest BCUT2D eigenvalue weighted by atomic mass is 32.2. The average Bonchev–Trinajstić information content (AvgIpc) is 2.44. The van der Waals surface area contributed by atoms with E-state index in [0.29, 0.717) is 12.3 Å². The minimum absolute atomic E-state index is 0.227.